The lowest BCUT2D eigenvalue weighted by Crippen LogP contribution is -2.23. The van der Waals surface area contributed by atoms with Crippen LogP contribution in [0.2, 0.25) is 5.02 Å². The van der Waals surface area contributed by atoms with Gasteiger partial charge in [-0.2, -0.15) is 0 Å². The maximum atomic E-state index is 11.4. The second kappa shape index (κ2) is 4.94. The number of aromatic nitrogens is 1. The molecule has 2 heterocycles. The zero-order valence-electron chi connectivity index (χ0n) is 11.0. The summed E-state index contributed by atoms with van der Waals surface area (Å²) < 4.78 is 16.3. The third kappa shape index (κ3) is 1.93. The van der Waals surface area contributed by atoms with E-state index < -0.39 is 11.3 Å². The molecule has 0 saturated heterocycles. The first-order chi connectivity index (χ1) is 10.1. The minimum atomic E-state index is -1.09. The summed E-state index contributed by atoms with van der Waals surface area (Å²) in [5, 5.41) is 0.923. The molecule has 0 aliphatic carbocycles. The summed E-state index contributed by atoms with van der Waals surface area (Å²) in [6.45, 7) is 0.311. The Balaban J connectivity index is 2.58. The molecule has 1 aromatic carbocycles. The molecule has 3 rings (SSSR count). The van der Waals surface area contributed by atoms with Crippen LogP contribution in [0.25, 0.3) is 16.6 Å². The first kappa shape index (κ1) is 13.7. The van der Waals surface area contributed by atoms with E-state index in [1.54, 1.807) is 12.1 Å². The Morgan fingerprint density at radius 3 is 2.76 bits per heavy atom. The zero-order valence-corrected chi connectivity index (χ0v) is 11.8. The van der Waals surface area contributed by atoms with Crippen molar-refractivity contribution < 1.29 is 13.7 Å². The van der Waals surface area contributed by atoms with Crippen LogP contribution in [-0.2, 0) is 6.42 Å². The largest absolute Gasteiger partial charge is 0.495 e. The van der Waals surface area contributed by atoms with Crippen LogP contribution in [-0.4, -0.2) is 18.2 Å². The molecule has 2 aromatic heterocycles. The Morgan fingerprint density at radius 1 is 1.33 bits per heavy atom. The van der Waals surface area contributed by atoms with Crippen LogP contribution in [0.3, 0.4) is 0 Å². The molecule has 0 radical (unpaired) electrons. The second-order valence-electron chi connectivity index (χ2n) is 4.36. The third-order valence-corrected chi connectivity index (χ3v) is 3.57. The van der Waals surface area contributed by atoms with Crippen LogP contribution in [0.1, 0.15) is 5.56 Å². The lowest BCUT2D eigenvalue weighted by molar-refractivity contribution is 0.286. The molecule has 110 valence electrons. The van der Waals surface area contributed by atoms with E-state index in [-0.39, 0.29) is 5.71 Å². The van der Waals surface area contributed by atoms with Crippen LogP contribution in [0, 0.1) is 0 Å². The maximum absolute atomic E-state index is 11.4. The summed E-state index contributed by atoms with van der Waals surface area (Å²) in [6.07, 6.45) is 0.399. The van der Waals surface area contributed by atoms with Crippen molar-refractivity contribution in [2.45, 2.75) is 6.42 Å². The van der Waals surface area contributed by atoms with Gasteiger partial charge in [0.05, 0.1) is 17.6 Å². The van der Waals surface area contributed by atoms with E-state index in [2.05, 4.69) is 0 Å². The van der Waals surface area contributed by atoms with Gasteiger partial charge in [0.2, 0.25) is 5.71 Å². The van der Waals surface area contributed by atoms with Crippen LogP contribution in [0.5, 0.6) is 5.75 Å². The molecule has 0 aliphatic rings. The number of hydrogen-bond acceptors (Lipinski definition) is 6. The highest BCUT2D eigenvalue weighted by Gasteiger charge is 2.21. The summed E-state index contributed by atoms with van der Waals surface area (Å²) in [5.41, 5.74) is 4.64. The summed E-state index contributed by atoms with van der Waals surface area (Å²) in [4.78, 5) is 22.8. The van der Waals surface area contributed by atoms with Gasteiger partial charge in [-0.15, -0.1) is 4.57 Å². The first-order valence-corrected chi connectivity index (χ1v) is 6.50. The van der Waals surface area contributed by atoms with E-state index in [1.807, 2.05) is 0 Å². The number of fused-ring (bicyclic) bond motifs is 3. The van der Waals surface area contributed by atoms with Crippen molar-refractivity contribution >= 4 is 28.2 Å². The van der Waals surface area contributed by atoms with Gasteiger partial charge in [-0.05, 0) is 25.1 Å². The maximum Gasteiger partial charge on any atom is 0.442 e. The molecule has 8 heteroatoms. The van der Waals surface area contributed by atoms with E-state index in [0.717, 1.165) is 4.57 Å². The van der Waals surface area contributed by atoms with Gasteiger partial charge >= 0.3 is 11.3 Å². The average Bonchev–Trinajstić information content (AvgIpc) is 2.75. The highest BCUT2D eigenvalue weighted by molar-refractivity contribution is 6.37. The quantitative estimate of drug-likeness (QED) is 0.729. The molecule has 0 atom stereocenters. The van der Waals surface area contributed by atoms with Gasteiger partial charge in [0.1, 0.15) is 5.75 Å². The lowest BCUT2D eigenvalue weighted by Gasteiger charge is -2.04. The van der Waals surface area contributed by atoms with Gasteiger partial charge in [-0.3, -0.25) is 0 Å². The minimum Gasteiger partial charge on any atom is -0.495 e. The van der Waals surface area contributed by atoms with Crippen molar-refractivity contribution in [3.63, 3.8) is 0 Å². The molecule has 0 spiro atoms. The fraction of sp³-hybridized carbons (Fsp3) is 0.231. The number of benzene rings is 1. The van der Waals surface area contributed by atoms with E-state index in [4.69, 9.17) is 31.0 Å². The van der Waals surface area contributed by atoms with Crippen molar-refractivity contribution in [2.75, 3.05) is 13.7 Å². The number of rotatable bonds is 3. The Bertz CT molecular complexity index is 953. The van der Waals surface area contributed by atoms with Crippen LogP contribution >= 0.6 is 11.6 Å². The number of ether oxygens (including phenoxy) is 1. The van der Waals surface area contributed by atoms with E-state index in [0.29, 0.717) is 40.2 Å². The Kier molecular flexibility index (Phi) is 3.23. The fourth-order valence-corrected chi connectivity index (χ4v) is 2.67. The molecular weight excluding hydrogens is 300 g/mol. The van der Waals surface area contributed by atoms with Crippen molar-refractivity contribution in [3.05, 3.63) is 43.6 Å². The molecule has 0 unspecified atom stereocenters. The van der Waals surface area contributed by atoms with Crippen LogP contribution in [0.4, 0.5) is 0 Å². The van der Waals surface area contributed by atoms with E-state index >= 15 is 0 Å². The third-order valence-electron chi connectivity index (χ3n) is 3.19. The van der Waals surface area contributed by atoms with Crippen LogP contribution < -0.4 is 21.7 Å². The van der Waals surface area contributed by atoms with E-state index in [1.165, 1.54) is 7.11 Å². The van der Waals surface area contributed by atoms with Gasteiger partial charge in [0.15, 0.2) is 0 Å². The second-order valence-corrected chi connectivity index (χ2v) is 4.74. The monoisotopic (exact) mass is 310 g/mol. The molecule has 7 nitrogen and oxygen atoms in total. The Labute approximate surface area is 122 Å². The molecule has 0 saturated carbocycles. The van der Waals surface area contributed by atoms with Gasteiger partial charge in [0, 0.05) is 10.9 Å². The van der Waals surface area contributed by atoms with Gasteiger partial charge < -0.3 is 19.4 Å². The van der Waals surface area contributed by atoms with Crippen molar-refractivity contribution in [2.24, 2.45) is 5.73 Å². The molecule has 0 amide bonds. The number of hydrogen-bond donors (Lipinski definition) is 1. The minimum absolute atomic E-state index is 0.121. The topological polar surface area (TPSA) is 100 Å². The average molecular weight is 311 g/mol. The predicted molar refractivity (Wildman–Crippen MR) is 76.3 cm³/mol. The summed E-state index contributed by atoms with van der Waals surface area (Å²) in [6, 6.07) is 3.30. The highest BCUT2D eigenvalue weighted by Crippen LogP contribution is 2.37. The standard InChI is InChI=1S/C13H11ClN2O5/c1-19-8-3-2-7-9(10(8)14)6(4-5-15)11-16(7)21-13(18)12(17)20-11/h2-3H,4-5,15H2,1H3. The van der Waals surface area contributed by atoms with Crippen molar-refractivity contribution in [3.8, 4) is 5.75 Å². The molecule has 0 aliphatic heterocycles. The zero-order chi connectivity index (χ0) is 15.1. The number of nitrogens with two attached hydrogens (primary N) is 1. The highest BCUT2D eigenvalue weighted by atomic mass is 35.5. The Morgan fingerprint density at radius 2 is 2.10 bits per heavy atom. The van der Waals surface area contributed by atoms with Gasteiger partial charge in [-0.25, -0.2) is 9.59 Å². The number of methoxy groups -OCH3 is 1. The Hall–Kier alpha value is -2.25. The number of halogens is 1. The molecule has 21 heavy (non-hydrogen) atoms. The fourth-order valence-electron chi connectivity index (χ4n) is 2.32. The van der Waals surface area contributed by atoms with E-state index in [9.17, 15) is 9.59 Å². The summed E-state index contributed by atoms with van der Waals surface area (Å²) in [5.74, 6) is 0.461. The molecule has 0 bridgehead atoms. The molecule has 2 N–H and O–H groups in total. The van der Waals surface area contributed by atoms with Gasteiger partial charge in [-0.1, -0.05) is 11.6 Å². The smallest absolute Gasteiger partial charge is 0.442 e. The summed E-state index contributed by atoms with van der Waals surface area (Å²) in [7, 11) is 1.49. The predicted octanol–water partition coefficient (Wildman–Crippen LogP) is 1.16. The van der Waals surface area contributed by atoms with Crippen molar-refractivity contribution in [1.29, 1.82) is 0 Å². The van der Waals surface area contributed by atoms with Crippen LogP contribution in [0.15, 0.2) is 30.7 Å². The lowest BCUT2D eigenvalue weighted by atomic mass is 10.1. The SMILES string of the molecule is COc1ccc2c(c1Cl)c(CCN)c1oc(=O)c(=O)on12. The number of nitrogens with zero attached hydrogens (tertiary/aromatic N) is 1. The molecular formula is C13H11ClN2O5. The van der Waals surface area contributed by atoms with Crippen molar-refractivity contribution in [1.82, 2.24) is 4.57 Å². The van der Waals surface area contributed by atoms with Gasteiger partial charge in [0.25, 0.3) is 0 Å². The molecule has 3 aromatic rings. The summed E-state index contributed by atoms with van der Waals surface area (Å²) >= 11 is 6.31. The molecule has 0 fully saturated rings. The normalized spacial score (nSPS) is 11.4. The first-order valence-electron chi connectivity index (χ1n) is 6.12.